The molecule has 1 aliphatic heterocycles. The van der Waals surface area contributed by atoms with Gasteiger partial charge in [-0.05, 0) is 51.8 Å². The fourth-order valence-corrected chi connectivity index (χ4v) is 3.96. The van der Waals surface area contributed by atoms with Gasteiger partial charge in [-0.3, -0.25) is 14.5 Å². The zero-order valence-electron chi connectivity index (χ0n) is 16.4. The van der Waals surface area contributed by atoms with Crippen molar-refractivity contribution in [2.24, 2.45) is 0 Å². The van der Waals surface area contributed by atoms with E-state index < -0.39 is 17.5 Å². The van der Waals surface area contributed by atoms with E-state index in [-0.39, 0.29) is 12.3 Å². The van der Waals surface area contributed by atoms with Crippen LogP contribution in [0, 0.1) is 20.8 Å². The van der Waals surface area contributed by atoms with E-state index in [0.29, 0.717) is 5.56 Å². The minimum Gasteiger partial charge on any atom is -0.349 e. The highest BCUT2D eigenvalue weighted by molar-refractivity contribution is 6.11. The normalized spacial score (nSPS) is 19.5. The third-order valence-electron chi connectivity index (χ3n) is 5.45. The lowest BCUT2D eigenvalue weighted by atomic mass is 9.88. The fraction of sp³-hybridized carbons (Fsp3) is 0.381. The molecule has 2 heterocycles. The summed E-state index contributed by atoms with van der Waals surface area (Å²) in [6, 6.07) is 8.72. The lowest BCUT2D eigenvalue weighted by Gasteiger charge is -2.24. The van der Waals surface area contributed by atoms with Gasteiger partial charge in [0.15, 0.2) is 5.78 Å². The average Bonchev–Trinajstić information content (AvgIpc) is 3.03. The van der Waals surface area contributed by atoms with Crippen LogP contribution in [-0.2, 0) is 16.9 Å². The first-order valence-corrected chi connectivity index (χ1v) is 9.10. The molecule has 142 valence electrons. The van der Waals surface area contributed by atoms with Crippen molar-refractivity contribution in [2.75, 3.05) is 6.54 Å². The van der Waals surface area contributed by atoms with Crippen LogP contribution < -0.4 is 5.32 Å². The summed E-state index contributed by atoms with van der Waals surface area (Å²) in [5, 5.41) is 2.77. The monoisotopic (exact) mass is 367 g/mol. The molecule has 0 radical (unpaired) electrons. The maximum Gasteiger partial charge on any atom is 0.325 e. The van der Waals surface area contributed by atoms with E-state index in [1.807, 2.05) is 62.6 Å². The standard InChI is InChI=1S/C21H25N3O3/c1-6-23-14(3)11-16(15(23)4)18(25)12-24-19(26)21(5,22-20(24)27)17-10-8-7-9-13(17)2/h7-11H,6,12H2,1-5H3,(H,22,27). The van der Waals surface area contributed by atoms with E-state index >= 15 is 0 Å². The number of carbonyl (C=O) groups is 3. The molecular formula is C21H25N3O3. The molecule has 1 unspecified atom stereocenters. The van der Waals surface area contributed by atoms with Gasteiger partial charge in [0, 0.05) is 23.5 Å². The van der Waals surface area contributed by atoms with Gasteiger partial charge in [0.1, 0.15) is 5.54 Å². The minimum absolute atomic E-state index is 0.236. The molecule has 0 bridgehead atoms. The SMILES string of the molecule is CCn1c(C)cc(C(=O)CN2C(=O)NC(C)(c3ccccc3C)C2=O)c1C. The van der Waals surface area contributed by atoms with Crippen molar-refractivity contribution >= 4 is 17.7 Å². The highest BCUT2D eigenvalue weighted by atomic mass is 16.2. The first kappa shape index (κ1) is 18.9. The van der Waals surface area contributed by atoms with Gasteiger partial charge in [0.25, 0.3) is 5.91 Å². The third kappa shape index (κ3) is 2.95. The van der Waals surface area contributed by atoms with Crippen molar-refractivity contribution in [1.82, 2.24) is 14.8 Å². The van der Waals surface area contributed by atoms with Crippen LogP contribution in [0.5, 0.6) is 0 Å². The lowest BCUT2D eigenvalue weighted by Crippen LogP contribution is -2.42. The van der Waals surface area contributed by atoms with Crippen LogP contribution in [0.4, 0.5) is 4.79 Å². The summed E-state index contributed by atoms with van der Waals surface area (Å²) < 4.78 is 2.04. The van der Waals surface area contributed by atoms with Crippen LogP contribution in [0.25, 0.3) is 0 Å². The number of imide groups is 1. The zero-order valence-corrected chi connectivity index (χ0v) is 16.4. The summed E-state index contributed by atoms with van der Waals surface area (Å²) in [6.45, 7) is 9.92. The van der Waals surface area contributed by atoms with E-state index in [0.717, 1.165) is 34.0 Å². The molecule has 1 aliphatic rings. The summed E-state index contributed by atoms with van der Waals surface area (Å²) >= 11 is 0. The second-order valence-corrected chi connectivity index (χ2v) is 7.21. The molecule has 1 atom stereocenters. The summed E-state index contributed by atoms with van der Waals surface area (Å²) in [5.41, 5.74) is 2.88. The quantitative estimate of drug-likeness (QED) is 0.652. The van der Waals surface area contributed by atoms with Crippen molar-refractivity contribution in [2.45, 2.75) is 46.7 Å². The Hall–Kier alpha value is -2.89. The zero-order chi connectivity index (χ0) is 19.9. The molecule has 6 heteroatoms. The molecule has 2 aromatic rings. The highest BCUT2D eigenvalue weighted by Gasteiger charge is 2.50. The van der Waals surface area contributed by atoms with Gasteiger partial charge in [-0.15, -0.1) is 0 Å². The summed E-state index contributed by atoms with van der Waals surface area (Å²) in [5.74, 6) is -0.639. The van der Waals surface area contributed by atoms with Crippen LogP contribution in [0.1, 0.15) is 46.7 Å². The summed E-state index contributed by atoms with van der Waals surface area (Å²) in [7, 11) is 0. The molecule has 0 saturated carbocycles. The van der Waals surface area contributed by atoms with Gasteiger partial charge in [0.05, 0.1) is 6.54 Å². The van der Waals surface area contributed by atoms with Crippen molar-refractivity contribution in [1.29, 1.82) is 0 Å². The molecule has 1 N–H and O–H groups in total. The van der Waals surface area contributed by atoms with Crippen molar-refractivity contribution < 1.29 is 14.4 Å². The molecule has 27 heavy (non-hydrogen) atoms. The molecule has 0 aliphatic carbocycles. The summed E-state index contributed by atoms with van der Waals surface area (Å²) in [6.07, 6.45) is 0. The maximum atomic E-state index is 13.1. The van der Waals surface area contributed by atoms with Crippen LogP contribution in [0.2, 0.25) is 0 Å². The Morgan fingerprint density at radius 2 is 1.81 bits per heavy atom. The first-order valence-electron chi connectivity index (χ1n) is 9.10. The number of ketones is 1. The average molecular weight is 367 g/mol. The number of rotatable bonds is 5. The second kappa shape index (κ2) is 6.68. The Morgan fingerprint density at radius 1 is 1.15 bits per heavy atom. The van der Waals surface area contributed by atoms with Crippen LogP contribution in [-0.4, -0.2) is 33.7 Å². The van der Waals surface area contributed by atoms with Gasteiger partial charge < -0.3 is 9.88 Å². The number of nitrogens with one attached hydrogen (secondary N) is 1. The molecule has 3 amide bonds. The van der Waals surface area contributed by atoms with Crippen LogP contribution >= 0.6 is 0 Å². The topological polar surface area (TPSA) is 71.4 Å². The largest absolute Gasteiger partial charge is 0.349 e. The van der Waals surface area contributed by atoms with E-state index in [1.54, 1.807) is 6.92 Å². The predicted molar refractivity (Wildman–Crippen MR) is 103 cm³/mol. The number of aryl methyl sites for hydroxylation is 2. The number of benzene rings is 1. The molecule has 0 spiro atoms. The highest BCUT2D eigenvalue weighted by Crippen LogP contribution is 2.31. The molecule has 3 rings (SSSR count). The van der Waals surface area contributed by atoms with E-state index in [4.69, 9.17) is 0 Å². The Balaban J connectivity index is 1.88. The Morgan fingerprint density at radius 3 is 2.41 bits per heavy atom. The predicted octanol–water partition coefficient (Wildman–Crippen LogP) is 3.08. The fourth-order valence-electron chi connectivity index (χ4n) is 3.96. The third-order valence-corrected chi connectivity index (χ3v) is 5.45. The number of hydrogen-bond donors (Lipinski definition) is 1. The van der Waals surface area contributed by atoms with E-state index in [2.05, 4.69) is 5.32 Å². The Bertz CT molecular complexity index is 944. The van der Waals surface area contributed by atoms with E-state index in [1.165, 1.54) is 0 Å². The first-order chi connectivity index (χ1) is 12.7. The van der Waals surface area contributed by atoms with Crippen molar-refractivity contribution in [3.05, 3.63) is 58.4 Å². The smallest absolute Gasteiger partial charge is 0.325 e. The van der Waals surface area contributed by atoms with Crippen molar-refractivity contribution in [3.63, 3.8) is 0 Å². The molecular weight excluding hydrogens is 342 g/mol. The van der Waals surface area contributed by atoms with Gasteiger partial charge >= 0.3 is 6.03 Å². The molecule has 1 aromatic heterocycles. The van der Waals surface area contributed by atoms with Gasteiger partial charge in [-0.2, -0.15) is 0 Å². The Kier molecular flexibility index (Phi) is 4.68. The molecule has 1 aromatic carbocycles. The number of carbonyl (C=O) groups excluding carboxylic acids is 3. The molecule has 1 saturated heterocycles. The minimum atomic E-state index is -1.16. The van der Waals surface area contributed by atoms with Crippen LogP contribution in [0.15, 0.2) is 30.3 Å². The van der Waals surface area contributed by atoms with Gasteiger partial charge in [0.2, 0.25) is 0 Å². The molecule has 6 nitrogen and oxygen atoms in total. The van der Waals surface area contributed by atoms with Gasteiger partial charge in [-0.1, -0.05) is 24.3 Å². The number of hydrogen-bond acceptors (Lipinski definition) is 3. The summed E-state index contributed by atoms with van der Waals surface area (Å²) in [4.78, 5) is 39.4. The van der Waals surface area contributed by atoms with Gasteiger partial charge in [-0.25, -0.2) is 4.79 Å². The molecule has 1 fully saturated rings. The number of aromatic nitrogens is 1. The van der Waals surface area contributed by atoms with Crippen molar-refractivity contribution in [3.8, 4) is 0 Å². The number of Topliss-reactive ketones (excluding diaryl/α,β-unsaturated/α-hetero) is 1. The Labute approximate surface area is 159 Å². The van der Waals surface area contributed by atoms with E-state index in [9.17, 15) is 14.4 Å². The number of amides is 3. The maximum absolute atomic E-state index is 13.1. The van der Waals surface area contributed by atoms with Crippen LogP contribution in [0.3, 0.4) is 0 Å². The number of urea groups is 1. The lowest BCUT2D eigenvalue weighted by molar-refractivity contribution is -0.130. The number of nitrogens with zero attached hydrogens (tertiary/aromatic N) is 2. The second-order valence-electron chi connectivity index (χ2n) is 7.21.